The molecule has 0 atom stereocenters. The minimum Gasteiger partial charge on any atom is -0.462 e. The normalized spacial score (nSPS) is 11.4. The Hall–Kier alpha value is -7.91. The van der Waals surface area contributed by atoms with Crippen molar-refractivity contribution in [3.63, 3.8) is 0 Å². The van der Waals surface area contributed by atoms with Crippen LogP contribution in [0.25, 0.3) is 33.8 Å². The minimum atomic E-state index is -0.891. The zero-order valence-electron chi connectivity index (χ0n) is 37.7. The molecule has 9 heteroatoms. The molecule has 2 aromatic heterocycles. The van der Waals surface area contributed by atoms with Gasteiger partial charge in [-0.25, -0.2) is 9.48 Å². The highest BCUT2D eigenvalue weighted by Gasteiger charge is 2.42. The number of esters is 1. The molecule has 0 unspecified atom stereocenters. The lowest BCUT2D eigenvalue weighted by molar-refractivity contribution is 0.0527. The lowest BCUT2D eigenvalue weighted by Gasteiger charge is -2.36. The second-order valence-corrected chi connectivity index (χ2v) is 16.4. The van der Waals surface area contributed by atoms with Crippen molar-refractivity contribution in [1.82, 2.24) is 30.0 Å². The number of carbonyl (C=O) groups excluding carboxylic acids is 1. The number of ether oxygens (including phenoxy) is 1. The van der Waals surface area contributed by atoms with E-state index in [1.54, 1.807) is 0 Å². The summed E-state index contributed by atoms with van der Waals surface area (Å²) in [6.07, 6.45) is 1.62. The lowest BCUT2D eigenvalue weighted by Crippen LogP contribution is -2.39. The Morgan fingerprint density at radius 3 is 1.74 bits per heavy atom. The first-order valence-electron chi connectivity index (χ1n) is 22.8. The topological polar surface area (TPSA) is 91.0 Å². The van der Waals surface area contributed by atoms with Crippen molar-refractivity contribution in [3.05, 3.63) is 233 Å². The van der Waals surface area contributed by atoms with E-state index in [0.717, 1.165) is 68.6 Å². The van der Waals surface area contributed by atoms with E-state index in [-0.39, 0.29) is 12.6 Å². The van der Waals surface area contributed by atoms with Gasteiger partial charge in [0.2, 0.25) is 0 Å². The van der Waals surface area contributed by atoms with Gasteiger partial charge in [0.05, 0.1) is 12.3 Å². The van der Waals surface area contributed by atoms with Crippen LogP contribution in [0.4, 0.5) is 5.82 Å². The lowest BCUT2D eigenvalue weighted by atomic mass is 9.77. The van der Waals surface area contributed by atoms with Gasteiger partial charge in [0.1, 0.15) is 11.1 Å². The van der Waals surface area contributed by atoms with E-state index < -0.39 is 5.54 Å². The van der Waals surface area contributed by atoms with Crippen molar-refractivity contribution in [1.29, 1.82) is 0 Å². The van der Waals surface area contributed by atoms with Gasteiger partial charge in [-0.3, -0.25) is 4.68 Å². The smallest absolute Gasteiger partial charge is 0.344 e. The fourth-order valence-electron chi connectivity index (χ4n) is 9.17. The van der Waals surface area contributed by atoms with Gasteiger partial charge < -0.3 is 9.64 Å². The number of aromatic nitrogens is 6. The second-order valence-electron chi connectivity index (χ2n) is 16.4. The van der Waals surface area contributed by atoms with Crippen LogP contribution in [0.1, 0.15) is 64.0 Å². The predicted octanol–water partition coefficient (Wildman–Crippen LogP) is 11.9. The minimum absolute atomic E-state index is 0.259. The molecule has 0 bridgehead atoms. The van der Waals surface area contributed by atoms with Crippen LogP contribution in [-0.2, 0) is 29.8 Å². The molecule has 0 amide bonds. The average molecular weight is 868 g/mol. The Bertz CT molecular complexity index is 2910. The number of carbonyl (C=O) groups is 1. The molecule has 328 valence electrons. The van der Waals surface area contributed by atoms with E-state index in [9.17, 15) is 4.79 Å². The van der Waals surface area contributed by atoms with Gasteiger partial charge in [0.15, 0.2) is 11.6 Å². The highest BCUT2D eigenvalue weighted by Crippen LogP contribution is 2.43. The number of hydrogen-bond donors (Lipinski definition) is 0. The van der Waals surface area contributed by atoms with E-state index >= 15 is 0 Å². The van der Waals surface area contributed by atoms with Gasteiger partial charge in [-0.2, -0.15) is 5.10 Å². The monoisotopic (exact) mass is 867 g/mol. The molecule has 9 rings (SSSR count). The Kier molecular flexibility index (Phi) is 13.0. The summed E-state index contributed by atoms with van der Waals surface area (Å²) in [5.74, 6) is 0.892. The molecule has 66 heavy (non-hydrogen) atoms. The summed E-state index contributed by atoms with van der Waals surface area (Å²) in [7, 11) is 0. The molecule has 2 heterocycles. The van der Waals surface area contributed by atoms with Crippen LogP contribution >= 0.6 is 0 Å². The number of benzene rings is 7. The SMILES string of the molecule is CCCN(Cc1ccc(-c2ccccc2-c2nnnn2C(c2ccccc2)(c2ccccc2)c2ccccc2)cc1)c1nn(CCc2ccccc2)c(-c2ccccc2C)c1C(=O)OCC. The highest BCUT2D eigenvalue weighted by atomic mass is 16.5. The van der Waals surface area contributed by atoms with Gasteiger partial charge in [-0.1, -0.05) is 201 Å². The zero-order chi connectivity index (χ0) is 45.3. The fourth-order valence-corrected chi connectivity index (χ4v) is 9.17. The summed E-state index contributed by atoms with van der Waals surface area (Å²) in [6.45, 7) is 8.17. The van der Waals surface area contributed by atoms with Crippen LogP contribution in [0.5, 0.6) is 0 Å². The summed E-state index contributed by atoms with van der Waals surface area (Å²) >= 11 is 0. The third kappa shape index (κ3) is 8.55. The summed E-state index contributed by atoms with van der Waals surface area (Å²) in [5.41, 5.74) is 10.7. The molecule has 0 saturated carbocycles. The predicted molar refractivity (Wildman–Crippen MR) is 263 cm³/mol. The molecule has 0 N–H and O–H groups in total. The van der Waals surface area contributed by atoms with Crippen molar-refractivity contribution in [2.75, 3.05) is 18.1 Å². The number of tetrazole rings is 1. The van der Waals surface area contributed by atoms with Crippen LogP contribution in [-0.4, -0.2) is 49.1 Å². The van der Waals surface area contributed by atoms with E-state index in [1.807, 2.05) is 58.8 Å². The van der Waals surface area contributed by atoms with Crippen LogP contribution in [0.3, 0.4) is 0 Å². The number of aryl methyl sites for hydroxylation is 3. The van der Waals surface area contributed by atoms with E-state index in [4.69, 9.17) is 20.1 Å². The van der Waals surface area contributed by atoms with Gasteiger partial charge in [-0.15, -0.1) is 5.10 Å². The molecular formula is C57H53N7O2. The van der Waals surface area contributed by atoms with E-state index in [2.05, 4.69) is 176 Å². The van der Waals surface area contributed by atoms with E-state index in [0.29, 0.717) is 36.8 Å². The highest BCUT2D eigenvalue weighted by molar-refractivity contribution is 6.02. The molecule has 7 aromatic carbocycles. The first-order chi connectivity index (χ1) is 32.5. The molecule has 9 nitrogen and oxygen atoms in total. The molecule has 0 radical (unpaired) electrons. The fraction of sp³-hybridized carbons (Fsp3) is 0.175. The summed E-state index contributed by atoms with van der Waals surface area (Å²) in [5, 5.41) is 19.3. The van der Waals surface area contributed by atoms with Gasteiger partial charge >= 0.3 is 5.97 Å². The zero-order valence-corrected chi connectivity index (χ0v) is 37.7. The molecule has 0 spiro atoms. The van der Waals surface area contributed by atoms with Crippen molar-refractivity contribution in [3.8, 4) is 33.8 Å². The Labute approximate surface area is 387 Å². The molecule has 0 aliphatic rings. The molecule has 0 aliphatic carbocycles. The first kappa shape index (κ1) is 43.3. The molecule has 0 fully saturated rings. The van der Waals surface area contributed by atoms with Gasteiger partial charge in [-0.05, 0) is 81.6 Å². The summed E-state index contributed by atoms with van der Waals surface area (Å²) < 4.78 is 9.79. The van der Waals surface area contributed by atoms with Gasteiger partial charge in [0, 0.05) is 30.8 Å². The van der Waals surface area contributed by atoms with Crippen LogP contribution < -0.4 is 4.90 Å². The molecule has 9 aromatic rings. The van der Waals surface area contributed by atoms with Crippen molar-refractivity contribution in [2.24, 2.45) is 0 Å². The maximum absolute atomic E-state index is 14.2. The maximum atomic E-state index is 14.2. The van der Waals surface area contributed by atoms with Gasteiger partial charge in [0.25, 0.3) is 0 Å². The Morgan fingerprint density at radius 1 is 0.621 bits per heavy atom. The van der Waals surface area contributed by atoms with Crippen LogP contribution in [0, 0.1) is 6.92 Å². The Balaban J connectivity index is 1.10. The third-order valence-corrected chi connectivity index (χ3v) is 12.2. The van der Waals surface area contributed by atoms with Crippen molar-refractivity contribution < 1.29 is 9.53 Å². The summed E-state index contributed by atoms with van der Waals surface area (Å²) in [4.78, 5) is 16.4. The molecule has 0 saturated heterocycles. The molecule has 0 aliphatic heterocycles. The average Bonchev–Trinajstić information content (AvgIpc) is 4.01. The summed E-state index contributed by atoms with van der Waals surface area (Å²) in [6, 6.07) is 66.9. The number of anilines is 1. The number of rotatable bonds is 17. The largest absolute Gasteiger partial charge is 0.462 e. The molecular weight excluding hydrogens is 815 g/mol. The standard InChI is InChI=1S/C57H53N7O2/c1-4-39-62(55-52(56(65)66-5-2)53(49-31-19-18-22-42(49)3)63(59-55)40-38-43-23-10-6-11-24-43)41-44-34-36-45(37-35-44)50-32-20-21-33-51(50)54-58-60-61-64(54)57(46-25-12-7-13-26-46,47-27-14-8-15-28-47)48-29-16-9-17-30-48/h6-37H,4-5,38-41H2,1-3H3. The second kappa shape index (κ2) is 19.9. The van der Waals surface area contributed by atoms with E-state index in [1.165, 1.54) is 5.56 Å². The third-order valence-electron chi connectivity index (χ3n) is 12.2. The first-order valence-corrected chi connectivity index (χ1v) is 22.8. The quantitative estimate of drug-likeness (QED) is 0.0665. The van der Waals surface area contributed by atoms with Crippen LogP contribution in [0.15, 0.2) is 194 Å². The Morgan fingerprint density at radius 2 is 1.17 bits per heavy atom. The van der Waals surface area contributed by atoms with Crippen molar-refractivity contribution in [2.45, 2.75) is 52.2 Å². The van der Waals surface area contributed by atoms with Crippen molar-refractivity contribution >= 4 is 11.8 Å². The van der Waals surface area contributed by atoms with Crippen LogP contribution in [0.2, 0.25) is 0 Å². The maximum Gasteiger partial charge on any atom is 0.344 e. The number of nitrogens with zero attached hydrogens (tertiary/aromatic N) is 7. The number of hydrogen-bond acceptors (Lipinski definition) is 7.